The second-order valence-electron chi connectivity index (χ2n) is 6.44. The van der Waals surface area contributed by atoms with Gasteiger partial charge in [-0.1, -0.05) is 19.4 Å². The van der Waals surface area contributed by atoms with Crippen LogP contribution in [0.4, 0.5) is 0 Å². The fourth-order valence-electron chi connectivity index (χ4n) is 3.20. The van der Waals surface area contributed by atoms with Crippen molar-refractivity contribution < 1.29 is 14.3 Å². The lowest BCUT2D eigenvalue weighted by Gasteiger charge is -2.35. The van der Waals surface area contributed by atoms with Crippen LogP contribution in [-0.4, -0.2) is 54.9 Å². The number of aryl methyl sites for hydroxylation is 2. The van der Waals surface area contributed by atoms with Crippen LogP contribution in [-0.2, 0) is 4.79 Å². The molecule has 1 fully saturated rings. The van der Waals surface area contributed by atoms with Gasteiger partial charge < -0.3 is 14.5 Å². The molecule has 0 N–H and O–H groups in total. The smallest absolute Gasteiger partial charge is 0.257 e. The molecule has 0 atom stereocenters. The molecular weight excluding hydrogens is 304 g/mol. The van der Waals surface area contributed by atoms with Crippen molar-refractivity contribution in [2.24, 2.45) is 0 Å². The van der Waals surface area contributed by atoms with Gasteiger partial charge in [0.2, 0.25) is 5.91 Å². The Morgan fingerprint density at radius 2 is 1.71 bits per heavy atom. The van der Waals surface area contributed by atoms with Gasteiger partial charge in [-0.25, -0.2) is 0 Å². The van der Waals surface area contributed by atoms with Crippen molar-refractivity contribution in [3.8, 4) is 5.75 Å². The maximum atomic E-state index is 12.9. The summed E-state index contributed by atoms with van der Waals surface area (Å²) in [5.41, 5.74) is 2.63. The Balaban J connectivity index is 2.04. The van der Waals surface area contributed by atoms with Gasteiger partial charge >= 0.3 is 0 Å². The number of benzene rings is 1. The zero-order valence-electron chi connectivity index (χ0n) is 15.2. The Bertz CT molecular complexity index is 605. The summed E-state index contributed by atoms with van der Waals surface area (Å²) in [5.74, 6) is 0.833. The van der Waals surface area contributed by atoms with E-state index in [2.05, 4.69) is 6.92 Å². The van der Waals surface area contributed by atoms with E-state index in [1.165, 1.54) is 0 Å². The zero-order valence-corrected chi connectivity index (χ0v) is 15.2. The minimum absolute atomic E-state index is 0.0145. The molecule has 132 valence electrons. The van der Waals surface area contributed by atoms with Gasteiger partial charge in [0.1, 0.15) is 5.75 Å². The molecule has 0 radical (unpaired) electrons. The number of carbonyl (C=O) groups is 2. The molecule has 0 aliphatic carbocycles. The largest absolute Gasteiger partial charge is 0.496 e. The number of rotatable bonds is 5. The first-order valence-electron chi connectivity index (χ1n) is 8.70. The summed E-state index contributed by atoms with van der Waals surface area (Å²) in [5, 5.41) is 0. The molecule has 0 aromatic heterocycles. The number of unbranched alkanes of at least 4 members (excludes halogenated alkanes) is 1. The number of carbonyl (C=O) groups excluding carboxylic acids is 2. The Labute approximate surface area is 144 Å². The highest BCUT2D eigenvalue weighted by Crippen LogP contribution is 2.26. The van der Waals surface area contributed by atoms with Crippen LogP contribution < -0.4 is 4.74 Å². The number of ether oxygens (including phenoxy) is 1. The molecule has 2 rings (SSSR count). The van der Waals surface area contributed by atoms with E-state index in [0.29, 0.717) is 43.9 Å². The number of hydrogen-bond acceptors (Lipinski definition) is 3. The van der Waals surface area contributed by atoms with Gasteiger partial charge in [0.05, 0.1) is 12.7 Å². The molecule has 1 saturated heterocycles. The maximum Gasteiger partial charge on any atom is 0.257 e. The van der Waals surface area contributed by atoms with E-state index < -0.39 is 0 Å². The van der Waals surface area contributed by atoms with Gasteiger partial charge in [-0.2, -0.15) is 0 Å². The molecule has 5 heteroatoms. The van der Waals surface area contributed by atoms with Gasteiger partial charge in [-0.3, -0.25) is 9.59 Å². The van der Waals surface area contributed by atoms with Gasteiger partial charge in [-0.05, 0) is 37.5 Å². The minimum atomic E-state index is -0.0145. The van der Waals surface area contributed by atoms with E-state index in [0.717, 1.165) is 24.0 Å². The lowest BCUT2D eigenvalue weighted by molar-refractivity contribution is -0.132. The topological polar surface area (TPSA) is 49.9 Å². The van der Waals surface area contributed by atoms with E-state index >= 15 is 0 Å². The molecule has 0 saturated carbocycles. The average Bonchev–Trinajstić information content (AvgIpc) is 2.58. The molecule has 1 aliphatic rings. The van der Waals surface area contributed by atoms with Gasteiger partial charge in [0.15, 0.2) is 0 Å². The number of amides is 2. The van der Waals surface area contributed by atoms with E-state index in [1.807, 2.05) is 35.8 Å². The summed E-state index contributed by atoms with van der Waals surface area (Å²) in [6.07, 6.45) is 2.56. The van der Waals surface area contributed by atoms with Gasteiger partial charge in [0, 0.05) is 32.6 Å². The molecule has 0 unspecified atom stereocenters. The van der Waals surface area contributed by atoms with Crippen molar-refractivity contribution in [1.82, 2.24) is 9.80 Å². The van der Waals surface area contributed by atoms with E-state index in [4.69, 9.17) is 4.74 Å². The van der Waals surface area contributed by atoms with Crippen molar-refractivity contribution in [2.45, 2.75) is 40.0 Å². The number of piperazine rings is 1. The van der Waals surface area contributed by atoms with Gasteiger partial charge in [0.25, 0.3) is 5.91 Å². The van der Waals surface area contributed by atoms with Crippen LogP contribution in [0.1, 0.15) is 47.7 Å². The van der Waals surface area contributed by atoms with Crippen molar-refractivity contribution in [3.05, 3.63) is 28.8 Å². The summed E-state index contributed by atoms with van der Waals surface area (Å²) in [4.78, 5) is 28.7. The Hall–Kier alpha value is -2.04. The summed E-state index contributed by atoms with van der Waals surface area (Å²) >= 11 is 0. The van der Waals surface area contributed by atoms with Crippen molar-refractivity contribution in [2.75, 3.05) is 33.3 Å². The van der Waals surface area contributed by atoms with Crippen LogP contribution in [0.5, 0.6) is 5.75 Å². The third-order valence-corrected chi connectivity index (χ3v) is 4.52. The summed E-state index contributed by atoms with van der Waals surface area (Å²) in [6, 6.07) is 3.90. The Morgan fingerprint density at radius 3 is 2.29 bits per heavy atom. The van der Waals surface area contributed by atoms with Gasteiger partial charge in [-0.15, -0.1) is 0 Å². The fraction of sp³-hybridized carbons (Fsp3) is 0.579. The molecule has 2 amide bonds. The van der Waals surface area contributed by atoms with Crippen molar-refractivity contribution in [1.29, 1.82) is 0 Å². The van der Waals surface area contributed by atoms with Crippen molar-refractivity contribution >= 4 is 11.8 Å². The van der Waals surface area contributed by atoms with Crippen molar-refractivity contribution in [3.63, 3.8) is 0 Å². The van der Waals surface area contributed by atoms with Crippen LogP contribution in [0.3, 0.4) is 0 Å². The number of methoxy groups -OCH3 is 1. The molecule has 1 aliphatic heterocycles. The highest BCUT2D eigenvalue weighted by atomic mass is 16.5. The van der Waals surface area contributed by atoms with Crippen LogP contribution in [0, 0.1) is 13.8 Å². The van der Waals surface area contributed by atoms with Crippen LogP contribution in [0.15, 0.2) is 12.1 Å². The summed E-state index contributed by atoms with van der Waals surface area (Å²) < 4.78 is 5.43. The third-order valence-electron chi connectivity index (χ3n) is 4.52. The Morgan fingerprint density at radius 1 is 1.08 bits per heavy atom. The van der Waals surface area contributed by atoms with E-state index in [9.17, 15) is 9.59 Å². The first-order chi connectivity index (χ1) is 11.5. The molecule has 0 bridgehead atoms. The van der Waals surface area contributed by atoms with E-state index in [1.54, 1.807) is 7.11 Å². The first-order valence-corrected chi connectivity index (χ1v) is 8.70. The molecule has 1 heterocycles. The Kier molecular flexibility index (Phi) is 6.23. The molecular formula is C19H28N2O3. The third kappa shape index (κ3) is 4.08. The second kappa shape index (κ2) is 8.18. The van der Waals surface area contributed by atoms with Crippen LogP contribution in [0.2, 0.25) is 0 Å². The lowest BCUT2D eigenvalue weighted by Crippen LogP contribution is -2.50. The SMILES string of the molecule is CCCCC(=O)N1CCN(C(=O)c2cc(C)cc(C)c2OC)CC1. The predicted octanol–water partition coefficient (Wildman–Crippen LogP) is 2.79. The number of hydrogen-bond donors (Lipinski definition) is 0. The highest BCUT2D eigenvalue weighted by Gasteiger charge is 2.26. The first kappa shape index (κ1) is 18.3. The molecule has 5 nitrogen and oxygen atoms in total. The van der Waals surface area contributed by atoms with Crippen LogP contribution >= 0.6 is 0 Å². The summed E-state index contributed by atoms with van der Waals surface area (Å²) in [7, 11) is 1.60. The molecule has 24 heavy (non-hydrogen) atoms. The second-order valence-corrected chi connectivity index (χ2v) is 6.44. The fourth-order valence-corrected chi connectivity index (χ4v) is 3.20. The zero-order chi connectivity index (χ0) is 17.7. The highest BCUT2D eigenvalue weighted by molar-refractivity contribution is 5.97. The quantitative estimate of drug-likeness (QED) is 0.833. The number of nitrogens with zero attached hydrogens (tertiary/aromatic N) is 2. The van der Waals surface area contributed by atoms with Crippen LogP contribution in [0.25, 0.3) is 0 Å². The predicted molar refractivity (Wildman–Crippen MR) is 94.5 cm³/mol. The molecule has 1 aromatic carbocycles. The average molecular weight is 332 g/mol. The summed E-state index contributed by atoms with van der Waals surface area (Å²) in [6.45, 7) is 8.39. The standard InChI is InChI=1S/C19H28N2O3/c1-5-6-7-17(22)20-8-10-21(11-9-20)19(23)16-13-14(2)12-15(3)18(16)24-4/h12-13H,5-11H2,1-4H3. The monoisotopic (exact) mass is 332 g/mol. The molecule has 0 spiro atoms. The lowest BCUT2D eigenvalue weighted by atomic mass is 10.0. The van der Waals surface area contributed by atoms with E-state index in [-0.39, 0.29) is 11.8 Å². The maximum absolute atomic E-state index is 12.9. The minimum Gasteiger partial charge on any atom is -0.496 e. The normalized spacial score (nSPS) is 14.7. The molecule has 1 aromatic rings.